The third kappa shape index (κ3) is 6.63. The van der Waals surface area contributed by atoms with E-state index in [2.05, 4.69) is 26.1 Å². The number of amides is 1. The van der Waals surface area contributed by atoms with E-state index in [1.54, 1.807) is 0 Å². The highest BCUT2D eigenvalue weighted by Crippen LogP contribution is 2.16. The molecular formula is C17H27NO3. The molecule has 0 aliphatic heterocycles. The first-order valence-electron chi connectivity index (χ1n) is 7.52. The standard InChI is InChI=1S/C17H27NO3/c1-12(2)9-15(11-19)18-17(20)7-8-21-16-6-5-13(3)14(4)10-16/h5-6,10,12,15,19H,7-9,11H2,1-4H3,(H,18,20). The molecule has 1 rings (SSSR count). The normalized spacial score (nSPS) is 12.3. The third-order valence-electron chi connectivity index (χ3n) is 3.42. The van der Waals surface area contributed by atoms with Crippen molar-refractivity contribution in [2.75, 3.05) is 13.2 Å². The molecule has 2 N–H and O–H groups in total. The predicted molar refractivity (Wildman–Crippen MR) is 84.5 cm³/mol. The van der Waals surface area contributed by atoms with E-state index in [4.69, 9.17) is 4.74 Å². The van der Waals surface area contributed by atoms with E-state index in [1.807, 2.05) is 25.1 Å². The molecule has 0 aromatic heterocycles. The number of carbonyl (C=O) groups is 1. The van der Waals surface area contributed by atoms with Crippen LogP contribution < -0.4 is 10.1 Å². The Hall–Kier alpha value is -1.55. The van der Waals surface area contributed by atoms with Crippen molar-refractivity contribution in [1.29, 1.82) is 0 Å². The van der Waals surface area contributed by atoms with E-state index in [9.17, 15) is 9.90 Å². The summed E-state index contributed by atoms with van der Waals surface area (Å²) < 4.78 is 5.59. The van der Waals surface area contributed by atoms with Crippen LogP contribution in [0.5, 0.6) is 5.75 Å². The molecule has 4 heteroatoms. The Balaban J connectivity index is 2.34. The van der Waals surface area contributed by atoms with Crippen molar-refractivity contribution in [3.63, 3.8) is 0 Å². The zero-order chi connectivity index (χ0) is 15.8. The van der Waals surface area contributed by atoms with E-state index in [1.165, 1.54) is 11.1 Å². The largest absolute Gasteiger partial charge is 0.493 e. The molecule has 0 saturated carbocycles. The van der Waals surface area contributed by atoms with Crippen LogP contribution in [0, 0.1) is 19.8 Å². The minimum absolute atomic E-state index is 0.0259. The van der Waals surface area contributed by atoms with Gasteiger partial charge >= 0.3 is 0 Å². The quantitative estimate of drug-likeness (QED) is 0.774. The summed E-state index contributed by atoms with van der Waals surface area (Å²) in [6.45, 7) is 8.54. The van der Waals surface area contributed by atoms with E-state index < -0.39 is 0 Å². The van der Waals surface area contributed by atoms with Crippen LogP contribution in [0.2, 0.25) is 0 Å². The number of nitrogens with one attached hydrogen (secondary N) is 1. The van der Waals surface area contributed by atoms with Gasteiger partial charge in [0.1, 0.15) is 5.75 Å². The summed E-state index contributed by atoms with van der Waals surface area (Å²) in [6.07, 6.45) is 1.07. The van der Waals surface area contributed by atoms with Crippen LogP contribution >= 0.6 is 0 Å². The van der Waals surface area contributed by atoms with Crippen molar-refractivity contribution in [2.24, 2.45) is 5.92 Å². The molecule has 1 aromatic carbocycles. The molecule has 1 amide bonds. The topological polar surface area (TPSA) is 58.6 Å². The van der Waals surface area contributed by atoms with Crippen LogP contribution in [0.4, 0.5) is 0 Å². The number of rotatable bonds is 8. The fraction of sp³-hybridized carbons (Fsp3) is 0.588. The van der Waals surface area contributed by atoms with Crippen LogP contribution in [-0.4, -0.2) is 30.3 Å². The Morgan fingerprint density at radius 3 is 2.57 bits per heavy atom. The molecule has 0 saturated heterocycles. The molecule has 118 valence electrons. The minimum atomic E-state index is -0.167. The first kappa shape index (κ1) is 17.5. The number of aryl methyl sites for hydroxylation is 2. The van der Waals surface area contributed by atoms with Crippen LogP contribution in [-0.2, 0) is 4.79 Å². The van der Waals surface area contributed by atoms with Crippen LogP contribution in [0.3, 0.4) is 0 Å². The molecule has 1 atom stereocenters. The van der Waals surface area contributed by atoms with E-state index in [-0.39, 0.29) is 18.6 Å². The molecule has 0 bridgehead atoms. The molecule has 0 radical (unpaired) electrons. The van der Waals surface area contributed by atoms with Gasteiger partial charge in [0.15, 0.2) is 0 Å². The van der Waals surface area contributed by atoms with Gasteiger partial charge in [0.2, 0.25) is 5.91 Å². The second kappa shape index (κ2) is 8.67. The SMILES string of the molecule is Cc1ccc(OCCC(=O)NC(CO)CC(C)C)cc1C. The zero-order valence-electron chi connectivity index (χ0n) is 13.5. The molecule has 0 aliphatic rings. The average Bonchev–Trinajstić information content (AvgIpc) is 2.41. The van der Waals surface area contributed by atoms with Crippen molar-refractivity contribution in [2.45, 2.75) is 46.6 Å². The Morgan fingerprint density at radius 2 is 2.00 bits per heavy atom. The average molecular weight is 293 g/mol. The minimum Gasteiger partial charge on any atom is -0.493 e. The highest BCUT2D eigenvalue weighted by atomic mass is 16.5. The summed E-state index contributed by atoms with van der Waals surface area (Å²) in [5.74, 6) is 1.14. The van der Waals surface area contributed by atoms with Gasteiger partial charge in [-0.2, -0.15) is 0 Å². The summed E-state index contributed by atoms with van der Waals surface area (Å²) in [5.41, 5.74) is 2.40. The smallest absolute Gasteiger partial charge is 0.223 e. The molecular weight excluding hydrogens is 266 g/mol. The number of aliphatic hydroxyl groups is 1. The van der Waals surface area contributed by atoms with Crippen molar-refractivity contribution in [3.05, 3.63) is 29.3 Å². The number of hydrogen-bond donors (Lipinski definition) is 2. The van der Waals surface area contributed by atoms with Gasteiger partial charge < -0.3 is 15.2 Å². The van der Waals surface area contributed by atoms with Crippen molar-refractivity contribution in [1.82, 2.24) is 5.32 Å². The summed E-state index contributed by atoms with van der Waals surface area (Å²) >= 11 is 0. The molecule has 0 heterocycles. The van der Waals surface area contributed by atoms with Crippen LogP contribution in [0.25, 0.3) is 0 Å². The van der Waals surface area contributed by atoms with Gasteiger partial charge in [0.25, 0.3) is 0 Å². The fourth-order valence-corrected chi connectivity index (χ4v) is 2.11. The third-order valence-corrected chi connectivity index (χ3v) is 3.42. The number of ether oxygens (including phenoxy) is 1. The first-order chi connectivity index (χ1) is 9.92. The lowest BCUT2D eigenvalue weighted by Crippen LogP contribution is -2.38. The fourth-order valence-electron chi connectivity index (χ4n) is 2.11. The lowest BCUT2D eigenvalue weighted by Gasteiger charge is -2.18. The molecule has 1 aromatic rings. The van der Waals surface area contributed by atoms with Gasteiger partial charge in [-0.1, -0.05) is 19.9 Å². The second-order valence-corrected chi connectivity index (χ2v) is 5.92. The number of hydrogen-bond acceptors (Lipinski definition) is 3. The van der Waals surface area contributed by atoms with Crippen LogP contribution in [0.1, 0.15) is 37.8 Å². The number of carbonyl (C=O) groups excluding carboxylic acids is 1. The maximum absolute atomic E-state index is 11.8. The van der Waals surface area contributed by atoms with Crippen molar-refractivity contribution < 1.29 is 14.6 Å². The zero-order valence-corrected chi connectivity index (χ0v) is 13.5. The molecule has 0 fully saturated rings. The van der Waals surface area contributed by atoms with Crippen molar-refractivity contribution >= 4 is 5.91 Å². The highest BCUT2D eigenvalue weighted by Gasteiger charge is 2.12. The predicted octanol–water partition coefficient (Wildman–Crippen LogP) is 2.60. The molecule has 0 aliphatic carbocycles. The number of benzene rings is 1. The van der Waals surface area contributed by atoms with Gasteiger partial charge in [0, 0.05) is 0 Å². The summed E-state index contributed by atoms with van der Waals surface area (Å²) in [7, 11) is 0. The van der Waals surface area contributed by atoms with E-state index in [0.29, 0.717) is 18.9 Å². The molecule has 0 spiro atoms. The maximum Gasteiger partial charge on any atom is 0.223 e. The second-order valence-electron chi connectivity index (χ2n) is 5.92. The lowest BCUT2D eigenvalue weighted by molar-refractivity contribution is -0.122. The van der Waals surface area contributed by atoms with E-state index >= 15 is 0 Å². The molecule has 1 unspecified atom stereocenters. The van der Waals surface area contributed by atoms with Gasteiger partial charge in [-0.25, -0.2) is 0 Å². The summed E-state index contributed by atoms with van der Waals surface area (Å²) in [5, 5.41) is 12.1. The van der Waals surface area contributed by atoms with Gasteiger partial charge in [-0.3, -0.25) is 4.79 Å². The lowest BCUT2D eigenvalue weighted by atomic mass is 10.0. The van der Waals surface area contributed by atoms with Crippen LogP contribution in [0.15, 0.2) is 18.2 Å². The Kier molecular flexibility index (Phi) is 7.23. The molecule has 4 nitrogen and oxygen atoms in total. The Morgan fingerprint density at radius 1 is 1.29 bits per heavy atom. The summed E-state index contributed by atoms with van der Waals surface area (Å²) in [4.78, 5) is 11.8. The monoisotopic (exact) mass is 293 g/mol. The maximum atomic E-state index is 11.8. The van der Waals surface area contributed by atoms with Gasteiger partial charge in [-0.05, 0) is 49.4 Å². The van der Waals surface area contributed by atoms with Crippen molar-refractivity contribution in [3.8, 4) is 5.75 Å². The van der Waals surface area contributed by atoms with Gasteiger partial charge in [0.05, 0.1) is 25.7 Å². The summed E-state index contributed by atoms with van der Waals surface area (Å²) in [6, 6.07) is 5.73. The Bertz CT molecular complexity index is 457. The highest BCUT2D eigenvalue weighted by molar-refractivity contribution is 5.76. The molecule has 21 heavy (non-hydrogen) atoms. The Labute approximate surface area is 127 Å². The first-order valence-corrected chi connectivity index (χ1v) is 7.52. The van der Waals surface area contributed by atoms with E-state index in [0.717, 1.165) is 12.2 Å². The van der Waals surface area contributed by atoms with Gasteiger partial charge in [-0.15, -0.1) is 0 Å². The number of aliphatic hydroxyl groups excluding tert-OH is 1.